The lowest BCUT2D eigenvalue weighted by molar-refractivity contribution is -0.126. The average molecular weight is 550 g/mol. The number of carbonyl (C=O) groups excluding carboxylic acids is 1. The molecule has 3 aromatic carbocycles. The van der Waals surface area contributed by atoms with Crippen molar-refractivity contribution >= 4 is 33.6 Å². The Balaban J connectivity index is 1.47. The van der Waals surface area contributed by atoms with E-state index in [1.54, 1.807) is 41.3 Å². The van der Waals surface area contributed by atoms with Crippen molar-refractivity contribution in [2.75, 3.05) is 38.2 Å². The van der Waals surface area contributed by atoms with Crippen LogP contribution in [0, 0.1) is 17.1 Å². The van der Waals surface area contributed by atoms with Gasteiger partial charge in [0.15, 0.2) is 11.5 Å². The number of benzene rings is 3. The number of carbonyl (C=O) groups is 1. The van der Waals surface area contributed by atoms with E-state index >= 15 is 0 Å². The third-order valence-electron chi connectivity index (χ3n) is 5.93. The molecular formula is C28H25BrFN3O3. The Morgan fingerprint density at radius 1 is 1.08 bits per heavy atom. The standard InChI is InChI=1S/C28H25BrFN3O3/c1-35-26-17-20(16-24(29)27(26)36-19-21-7-5-6-10-25(21)30)15-22(18-31)28(34)33-13-11-32(12-14-33)23-8-3-2-4-9-23/h2-10,15-17H,11-14,19H2,1H3/b22-15-. The topological polar surface area (TPSA) is 65.8 Å². The number of para-hydroxylation sites is 1. The molecule has 0 saturated carbocycles. The number of anilines is 1. The number of piperazine rings is 1. The molecule has 0 bridgehead atoms. The summed E-state index contributed by atoms with van der Waals surface area (Å²) in [5, 5.41) is 9.73. The third-order valence-corrected chi connectivity index (χ3v) is 6.52. The Bertz CT molecular complexity index is 1300. The van der Waals surface area contributed by atoms with E-state index in [1.807, 2.05) is 36.4 Å². The van der Waals surface area contributed by atoms with Gasteiger partial charge < -0.3 is 19.3 Å². The van der Waals surface area contributed by atoms with Crippen molar-refractivity contribution < 1.29 is 18.7 Å². The minimum atomic E-state index is -0.353. The van der Waals surface area contributed by atoms with Crippen LogP contribution in [0.2, 0.25) is 0 Å². The van der Waals surface area contributed by atoms with Crippen LogP contribution in [0.15, 0.2) is 76.8 Å². The maximum atomic E-state index is 14.0. The Labute approximate surface area is 218 Å². The fourth-order valence-corrected chi connectivity index (χ4v) is 4.59. The molecule has 1 amide bonds. The molecule has 3 aromatic rings. The summed E-state index contributed by atoms with van der Waals surface area (Å²) >= 11 is 3.47. The monoisotopic (exact) mass is 549 g/mol. The zero-order valence-electron chi connectivity index (χ0n) is 19.8. The summed E-state index contributed by atoms with van der Waals surface area (Å²) < 4.78 is 25.8. The number of nitriles is 1. The van der Waals surface area contributed by atoms with Crippen molar-refractivity contribution in [2.45, 2.75) is 6.61 Å². The van der Waals surface area contributed by atoms with Crippen LogP contribution in [0.4, 0.5) is 10.1 Å². The predicted octanol–water partition coefficient (Wildman–Crippen LogP) is 5.43. The molecule has 4 rings (SSSR count). The highest BCUT2D eigenvalue weighted by Crippen LogP contribution is 2.38. The molecule has 0 aromatic heterocycles. The average Bonchev–Trinajstić information content (AvgIpc) is 2.92. The summed E-state index contributed by atoms with van der Waals surface area (Å²) in [6, 6.07) is 21.9. The van der Waals surface area contributed by atoms with E-state index < -0.39 is 0 Å². The molecule has 184 valence electrons. The van der Waals surface area contributed by atoms with Crippen LogP contribution >= 0.6 is 15.9 Å². The van der Waals surface area contributed by atoms with Crippen molar-refractivity contribution in [1.29, 1.82) is 5.26 Å². The van der Waals surface area contributed by atoms with Gasteiger partial charge in [0.2, 0.25) is 0 Å². The number of rotatable bonds is 7. The Hall–Kier alpha value is -3.83. The molecule has 0 N–H and O–H groups in total. The Morgan fingerprint density at radius 2 is 1.78 bits per heavy atom. The highest BCUT2D eigenvalue weighted by molar-refractivity contribution is 9.10. The second-order valence-corrected chi connectivity index (χ2v) is 9.05. The van der Waals surface area contributed by atoms with Gasteiger partial charge in [-0.05, 0) is 57.9 Å². The molecule has 1 aliphatic rings. The summed E-state index contributed by atoms with van der Waals surface area (Å²) in [5.74, 6) is 0.141. The third kappa shape index (κ3) is 5.86. The first-order valence-corrected chi connectivity index (χ1v) is 12.2. The lowest BCUT2D eigenvalue weighted by atomic mass is 10.1. The van der Waals surface area contributed by atoms with Crippen LogP contribution in [0.5, 0.6) is 11.5 Å². The number of hydrogen-bond donors (Lipinski definition) is 0. The second kappa shape index (κ2) is 11.7. The maximum Gasteiger partial charge on any atom is 0.264 e. The zero-order valence-corrected chi connectivity index (χ0v) is 21.4. The van der Waals surface area contributed by atoms with Crippen molar-refractivity contribution in [1.82, 2.24) is 4.90 Å². The van der Waals surface area contributed by atoms with Gasteiger partial charge in [-0.1, -0.05) is 36.4 Å². The van der Waals surface area contributed by atoms with Crippen LogP contribution in [0.3, 0.4) is 0 Å². The van der Waals surface area contributed by atoms with Gasteiger partial charge in [-0.25, -0.2) is 4.39 Å². The first kappa shape index (κ1) is 25.3. The van der Waals surface area contributed by atoms with Gasteiger partial charge in [0, 0.05) is 37.4 Å². The molecule has 1 heterocycles. The summed E-state index contributed by atoms with van der Waals surface area (Å²) in [4.78, 5) is 17.0. The fourth-order valence-electron chi connectivity index (χ4n) is 4.01. The molecule has 0 unspecified atom stereocenters. The van der Waals surface area contributed by atoms with Crippen LogP contribution in [-0.4, -0.2) is 44.1 Å². The molecule has 6 nitrogen and oxygen atoms in total. The zero-order chi connectivity index (χ0) is 25.5. The number of amides is 1. The minimum Gasteiger partial charge on any atom is -0.493 e. The molecule has 0 spiro atoms. The molecule has 1 aliphatic heterocycles. The first-order valence-electron chi connectivity index (χ1n) is 11.4. The van der Waals surface area contributed by atoms with Crippen LogP contribution in [-0.2, 0) is 11.4 Å². The molecule has 0 atom stereocenters. The van der Waals surface area contributed by atoms with Gasteiger partial charge in [0.25, 0.3) is 5.91 Å². The van der Waals surface area contributed by atoms with E-state index in [4.69, 9.17) is 9.47 Å². The van der Waals surface area contributed by atoms with E-state index in [-0.39, 0.29) is 23.9 Å². The van der Waals surface area contributed by atoms with E-state index in [1.165, 1.54) is 13.2 Å². The van der Waals surface area contributed by atoms with Crippen molar-refractivity contribution in [2.24, 2.45) is 0 Å². The largest absolute Gasteiger partial charge is 0.493 e. The molecule has 1 saturated heterocycles. The van der Waals surface area contributed by atoms with Crippen LogP contribution in [0.25, 0.3) is 6.08 Å². The number of methoxy groups -OCH3 is 1. The molecule has 36 heavy (non-hydrogen) atoms. The lowest BCUT2D eigenvalue weighted by Crippen LogP contribution is -2.49. The highest BCUT2D eigenvalue weighted by Gasteiger charge is 2.24. The Morgan fingerprint density at radius 3 is 2.44 bits per heavy atom. The molecule has 0 aliphatic carbocycles. The summed E-state index contributed by atoms with van der Waals surface area (Å²) in [6.45, 7) is 2.47. The highest BCUT2D eigenvalue weighted by atomic mass is 79.9. The Kier molecular flexibility index (Phi) is 8.24. The number of ether oxygens (including phenoxy) is 2. The van der Waals surface area contributed by atoms with E-state index in [9.17, 15) is 14.4 Å². The smallest absolute Gasteiger partial charge is 0.264 e. The second-order valence-electron chi connectivity index (χ2n) is 8.20. The van der Waals surface area contributed by atoms with Crippen molar-refractivity contribution in [3.05, 3.63) is 93.7 Å². The van der Waals surface area contributed by atoms with Gasteiger partial charge in [0.1, 0.15) is 24.1 Å². The normalized spacial score (nSPS) is 13.8. The number of halogens is 2. The fraction of sp³-hybridized carbons (Fsp3) is 0.214. The maximum absolute atomic E-state index is 14.0. The molecule has 1 fully saturated rings. The van der Waals surface area contributed by atoms with E-state index in [0.717, 1.165) is 5.69 Å². The molecule has 0 radical (unpaired) electrons. The van der Waals surface area contributed by atoms with E-state index in [0.29, 0.717) is 53.3 Å². The number of nitrogens with zero attached hydrogens (tertiary/aromatic N) is 3. The van der Waals surface area contributed by atoms with Gasteiger partial charge in [0.05, 0.1) is 11.6 Å². The summed E-state index contributed by atoms with van der Waals surface area (Å²) in [6.07, 6.45) is 1.54. The van der Waals surface area contributed by atoms with Gasteiger partial charge >= 0.3 is 0 Å². The van der Waals surface area contributed by atoms with Crippen molar-refractivity contribution in [3.8, 4) is 17.6 Å². The summed E-state index contributed by atoms with van der Waals surface area (Å²) in [7, 11) is 1.49. The molecular weight excluding hydrogens is 525 g/mol. The van der Waals surface area contributed by atoms with Crippen LogP contribution < -0.4 is 14.4 Å². The van der Waals surface area contributed by atoms with Crippen molar-refractivity contribution in [3.63, 3.8) is 0 Å². The first-order chi connectivity index (χ1) is 17.5. The summed E-state index contributed by atoms with van der Waals surface area (Å²) in [5.41, 5.74) is 2.18. The van der Waals surface area contributed by atoms with Gasteiger partial charge in [-0.15, -0.1) is 0 Å². The van der Waals surface area contributed by atoms with Gasteiger partial charge in [-0.2, -0.15) is 5.26 Å². The van der Waals surface area contributed by atoms with Gasteiger partial charge in [-0.3, -0.25) is 4.79 Å². The van der Waals surface area contributed by atoms with E-state index in [2.05, 4.69) is 20.8 Å². The number of hydrogen-bond acceptors (Lipinski definition) is 5. The SMILES string of the molecule is COc1cc(/C=C(/C#N)C(=O)N2CCN(c3ccccc3)CC2)cc(Br)c1OCc1ccccc1F. The predicted molar refractivity (Wildman–Crippen MR) is 140 cm³/mol. The quantitative estimate of drug-likeness (QED) is 0.290. The van der Waals surface area contributed by atoms with Crippen LogP contribution in [0.1, 0.15) is 11.1 Å². The lowest BCUT2D eigenvalue weighted by Gasteiger charge is -2.36. The molecule has 8 heteroatoms. The minimum absolute atomic E-state index is 0.0215.